The molecular formula is C8H16N2O. The van der Waals surface area contributed by atoms with E-state index in [4.69, 9.17) is 4.74 Å². The third kappa shape index (κ3) is 2.62. The van der Waals surface area contributed by atoms with Crippen molar-refractivity contribution in [3.8, 4) is 0 Å². The van der Waals surface area contributed by atoms with E-state index in [1.807, 2.05) is 20.9 Å². The van der Waals surface area contributed by atoms with Crippen molar-refractivity contribution >= 4 is 5.71 Å². The van der Waals surface area contributed by atoms with Crippen molar-refractivity contribution in [3.05, 3.63) is 11.5 Å². The van der Waals surface area contributed by atoms with Gasteiger partial charge in [0, 0.05) is 14.1 Å². The fourth-order valence-corrected chi connectivity index (χ4v) is 0.787. The maximum atomic E-state index is 5.14. The van der Waals surface area contributed by atoms with Crippen LogP contribution in [0.1, 0.15) is 13.8 Å². The first-order valence-corrected chi connectivity index (χ1v) is 3.53. The molecule has 0 aromatic rings. The van der Waals surface area contributed by atoms with Crippen molar-refractivity contribution in [2.24, 2.45) is 4.99 Å². The predicted octanol–water partition coefficient (Wildman–Crippen LogP) is 1.17. The van der Waals surface area contributed by atoms with E-state index in [0.29, 0.717) is 0 Å². The van der Waals surface area contributed by atoms with Crippen LogP contribution in [0.25, 0.3) is 0 Å². The van der Waals surface area contributed by atoms with Crippen molar-refractivity contribution in [3.63, 3.8) is 0 Å². The van der Waals surface area contributed by atoms with Gasteiger partial charge in [-0.3, -0.25) is 4.99 Å². The molecule has 0 aliphatic heterocycles. The molecule has 3 heteroatoms. The summed E-state index contributed by atoms with van der Waals surface area (Å²) >= 11 is 0. The fourth-order valence-electron chi connectivity index (χ4n) is 0.787. The van der Waals surface area contributed by atoms with Gasteiger partial charge in [-0.1, -0.05) is 0 Å². The van der Waals surface area contributed by atoms with Crippen LogP contribution < -0.4 is 5.32 Å². The third-order valence-corrected chi connectivity index (χ3v) is 1.58. The Bertz CT molecular complexity index is 183. The first-order chi connectivity index (χ1) is 5.17. The van der Waals surface area contributed by atoms with E-state index in [2.05, 4.69) is 10.3 Å². The van der Waals surface area contributed by atoms with Gasteiger partial charge in [0.2, 0.25) is 0 Å². The summed E-state index contributed by atoms with van der Waals surface area (Å²) in [6.07, 6.45) is 0. The molecule has 0 amide bonds. The van der Waals surface area contributed by atoms with Crippen molar-refractivity contribution in [1.82, 2.24) is 5.32 Å². The van der Waals surface area contributed by atoms with E-state index >= 15 is 0 Å². The summed E-state index contributed by atoms with van der Waals surface area (Å²) in [5.41, 5.74) is 1.90. The number of nitrogens with zero attached hydrogens (tertiary/aromatic N) is 1. The highest BCUT2D eigenvalue weighted by Crippen LogP contribution is 2.03. The molecule has 0 radical (unpaired) electrons. The molecular weight excluding hydrogens is 140 g/mol. The zero-order chi connectivity index (χ0) is 8.85. The lowest BCUT2D eigenvalue weighted by molar-refractivity contribution is 0.308. The fraction of sp³-hybridized carbons (Fsp3) is 0.625. The van der Waals surface area contributed by atoms with Gasteiger partial charge in [-0.25, -0.2) is 0 Å². The predicted molar refractivity (Wildman–Crippen MR) is 47.8 cm³/mol. The van der Waals surface area contributed by atoms with E-state index in [1.165, 1.54) is 0 Å². The second-order valence-electron chi connectivity index (χ2n) is 2.22. The minimum atomic E-state index is 0.815. The Labute approximate surface area is 68.2 Å². The maximum Gasteiger partial charge on any atom is 0.158 e. The Morgan fingerprint density at radius 2 is 1.91 bits per heavy atom. The highest BCUT2D eigenvalue weighted by Gasteiger charge is 2.03. The lowest BCUT2D eigenvalue weighted by Crippen LogP contribution is -2.11. The Kier molecular flexibility index (Phi) is 4.34. The number of aliphatic imine (C=N–C) groups is 1. The molecule has 0 atom stereocenters. The lowest BCUT2D eigenvalue weighted by atomic mass is 10.3. The van der Waals surface area contributed by atoms with Gasteiger partial charge < -0.3 is 10.1 Å². The van der Waals surface area contributed by atoms with Crippen molar-refractivity contribution in [1.29, 1.82) is 0 Å². The minimum absolute atomic E-state index is 0.815. The van der Waals surface area contributed by atoms with Crippen LogP contribution in [0, 0.1) is 0 Å². The van der Waals surface area contributed by atoms with Gasteiger partial charge in [-0.05, 0) is 13.8 Å². The molecule has 0 saturated heterocycles. The molecule has 0 saturated carbocycles. The summed E-state index contributed by atoms with van der Waals surface area (Å²) < 4.78 is 5.14. The number of rotatable bonds is 3. The number of nitrogens with one attached hydrogen (secondary N) is 1. The normalized spacial score (nSPS) is 14.1. The number of allylic oxidation sites excluding steroid dienone is 2. The van der Waals surface area contributed by atoms with Gasteiger partial charge in [0.1, 0.15) is 0 Å². The molecule has 11 heavy (non-hydrogen) atoms. The number of hydrogen-bond donors (Lipinski definition) is 1. The van der Waals surface area contributed by atoms with Crippen molar-refractivity contribution in [2.45, 2.75) is 13.8 Å². The molecule has 0 rings (SSSR count). The van der Waals surface area contributed by atoms with Gasteiger partial charge >= 0.3 is 0 Å². The average Bonchev–Trinajstić information content (AvgIpc) is 2.05. The van der Waals surface area contributed by atoms with Crippen LogP contribution in [-0.2, 0) is 4.74 Å². The Balaban J connectivity index is 4.65. The smallest absolute Gasteiger partial charge is 0.158 e. The van der Waals surface area contributed by atoms with Crippen LogP contribution in [-0.4, -0.2) is 26.9 Å². The van der Waals surface area contributed by atoms with Crippen LogP contribution in [0.15, 0.2) is 16.4 Å². The summed E-state index contributed by atoms with van der Waals surface area (Å²) in [4.78, 5) is 4.02. The molecule has 0 unspecified atom stereocenters. The second kappa shape index (κ2) is 4.77. The summed E-state index contributed by atoms with van der Waals surface area (Å²) in [5.74, 6) is 0.815. The van der Waals surface area contributed by atoms with E-state index in [0.717, 1.165) is 17.2 Å². The first kappa shape index (κ1) is 10.0. The lowest BCUT2D eigenvalue weighted by Gasteiger charge is -2.09. The molecule has 3 nitrogen and oxygen atoms in total. The van der Waals surface area contributed by atoms with Gasteiger partial charge in [-0.15, -0.1) is 0 Å². The van der Waals surface area contributed by atoms with E-state index < -0.39 is 0 Å². The number of hydrogen-bond acceptors (Lipinski definition) is 3. The molecule has 0 bridgehead atoms. The Hall–Kier alpha value is -0.990. The minimum Gasteiger partial charge on any atom is -0.493 e. The van der Waals surface area contributed by atoms with Crippen molar-refractivity contribution < 1.29 is 4.74 Å². The third-order valence-electron chi connectivity index (χ3n) is 1.58. The van der Waals surface area contributed by atoms with Gasteiger partial charge in [0.05, 0.1) is 18.5 Å². The van der Waals surface area contributed by atoms with Crippen LogP contribution in [0.2, 0.25) is 0 Å². The van der Waals surface area contributed by atoms with Crippen molar-refractivity contribution in [2.75, 3.05) is 21.2 Å². The summed E-state index contributed by atoms with van der Waals surface area (Å²) in [5, 5.41) is 3.00. The quantitative estimate of drug-likeness (QED) is 0.491. The monoisotopic (exact) mass is 156 g/mol. The molecule has 0 fully saturated rings. The zero-order valence-corrected chi connectivity index (χ0v) is 7.86. The molecule has 0 spiro atoms. The SMILES string of the molecule is C/N=C(C)\C(OC)=C(\C)NC. The molecule has 1 N–H and O–H groups in total. The highest BCUT2D eigenvalue weighted by atomic mass is 16.5. The molecule has 0 heterocycles. The molecule has 0 aliphatic rings. The average molecular weight is 156 g/mol. The first-order valence-electron chi connectivity index (χ1n) is 3.53. The highest BCUT2D eigenvalue weighted by molar-refractivity contribution is 5.96. The van der Waals surface area contributed by atoms with Gasteiger partial charge in [-0.2, -0.15) is 0 Å². The molecule has 64 valence electrons. The summed E-state index contributed by atoms with van der Waals surface area (Å²) in [6.45, 7) is 3.87. The van der Waals surface area contributed by atoms with E-state index in [-0.39, 0.29) is 0 Å². The van der Waals surface area contributed by atoms with Gasteiger partial charge in [0.25, 0.3) is 0 Å². The van der Waals surface area contributed by atoms with Crippen LogP contribution in [0.3, 0.4) is 0 Å². The Morgan fingerprint density at radius 3 is 2.18 bits per heavy atom. The standard InChI is InChI=1S/C8H16N2O/c1-6(9-3)8(11-5)7(2)10-4/h9H,1-5H3/b8-6+,10-7-. The largest absolute Gasteiger partial charge is 0.493 e. The second-order valence-corrected chi connectivity index (χ2v) is 2.22. The molecule has 0 aliphatic carbocycles. The summed E-state index contributed by atoms with van der Waals surface area (Å²) in [7, 11) is 5.25. The van der Waals surface area contributed by atoms with Crippen LogP contribution >= 0.6 is 0 Å². The zero-order valence-electron chi connectivity index (χ0n) is 7.86. The maximum absolute atomic E-state index is 5.14. The van der Waals surface area contributed by atoms with Crippen LogP contribution in [0.4, 0.5) is 0 Å². The summed E-state index contributed by atoms with van der Waals surface area (Å²) in [6, 6.07) is 0. The van der Waals surface area contributed by atoms with Gasteiger partial charge in [0.15, 0.2) is 5.76 Å². The Morgan fingerprint density at radius 1 is 1.36 bits per heavy atom. The number of methoxy groups -OCH3 is 1. The van der Waals surface area contributed by atoms with Crippen LogP contribution in [0.5, 0.6) is 0 Å². The molecule has 0 aromatic carbocycles. The van der Waals surface area contributed by atoms with E-state index in [1.54, 1.807) is 14.2 Å². The topological polar surface area (TPSA) is 33.6 Å². The van der Waals surface area contributed by atoms with E-state index in [9.17, 15) is 0 Å². The molecule has 0 aromatic heterocycles. The number of ether oxygens (including phenoxy) is 1.